The first-order valence-electron chi connectivity index (χ1n) is 4.26. The van der Waals surface area contributed by atoms with Gasteiger partial charge in [-0.3, -0.25) is 0 Å². The molecule has 0 aliphatic rings. The van der Waals surface area contributed by atoms with Crippen LogP contribution in [0.25, 0.3) is 0 Å². The monoisotopic (exact) mass is 192 g/mol. The first-order valence-corrected chi connectivity index (χ1v) is 6.58. The largest absolute Gasteiger partial charge is 0.0933 e. The molecular formula is C9H20S2. The van der Waals surface area contributed by atoms with Gasteiger partial charge in [-0.2, -0.15) is 0 Å². The molecule has 0 amide bonds. The maximum Gasteiger partial charge on any atom is 0.0179 e. The molecule has 0 aromatic rings. The second-order valence-electron chi connectivity index (χ2n) is 3.99. The fourth-order valence-electron chi connectivity index (χ4n) is 0.445. The Morgan fingerprint density at radius 3 is 2.18 bits per heavy atom. The minimum atomic E-state index is 0.415. The van der Waals surface area contributed by atoms with Crippen LogP contribution in [0.5, 0.6) is 0 Å². The molecule has 0 spiro atoms. The lowest BCUT2D eigenvalue weighted by molar-refractivity contribution is 0.638. The quantitative estimate of drug-likeness (QED) is 0.612. The van der Waals surface area contributed by atoms with Crippen molar-refractivity contribution in [1.29, 1.82) is 0 Å². The van der Waals surface area contributed by atoms with Crippen LogP contribution in [0, 0.1) is 5.92 Å². The van der Waals surface area contributed by atoms with E-state index in [9.17, 15) is 0 Å². The SMILES string of the molecule is CCC(C)CSSC(C)(C)C. The molecule has 0 aliphatic heterocycles. The zero-order chi connectivity index (χ0) is 8.91. The second-order valence-corrected chi connectivity index (χ2v) is 7.16. The summed E-state index contributed by atoms with van der Waals surface area (Å²) in [6.45, 7) is 11.4. The van der Waals surface area contributed by atoms with E-state index < -0.39 is 0 Å². The molecule has 0 radical (unpaired) electrons. The van der Waals surface area contributed by atoms with Crippen LogP contribution in [0.1, 0.15) is 41.0 Å². The van der Waals surface area contributed by atoms with E-state index in [1.807, 2.05) is 21.6 Å². The van der Waals surface area contributed by atoms with Gasteiger partial charge in [0.25, 0.3) is 0 Å². The smallest absolute Gasteiger partial charge is 0.0179 e. The van der Waals surface area contributed by atoms with Gasteiger partial charge in [0.1, 0.15) is 0 Å². The normalized spacial score (nSPS) is 15.0. The molecular weight excluding hydrogens is 172 g/mol. The standard InChI is InChI=1S/C9H20S2/c1-6-8(2)7-10-11-9(3,4)5/h8H,6-7H2,1-5H3. The summed E-state index contributed by atoms with van der Waals surface area (Å²) in [4.78, 5) is 0. The molecule has 2 heteroatoms. The van der Waals surface area contributed by atoms with Crippen molar-refractivity contribution < 1.29 is 0 Å². The Bertz CT molecular complexity index is 94.2. The van der Waals surface area contributed by atoms with E-state index in [4.69, 9.17) is 0 Å². The van der Waals surface area contributed by atoms with Crippen molar-refractivity contribution in [2.75, 3.05) is 5.75 Å². The summed E-state index contributed by atoms with van der Waals surface area (Å²) in [6.07, 6.45) is 1.30. The Balaban J connectivity index is 3.28. The van der Waals surface area contributed by atoms with Crippen LogP contribution in [0.3, 0.4) is 0 Å². The third-order valence-corrected chi connectivity index (χ3v) is 4.94. The van der Waals surface area contributed by atoms with Crippen molar-refractivity contribution in [1.82, 2.24) is 0 Å². The average molecular weight is 192 g/mol. The molecule has 0 aliphatic carbocycles. The van der Waals surface area contributed by atoms with E-state index in [1.54, 1.807) is 0 Å². The fraction of sp³-hybridized carbons (Fsp3) is 1.00. The molecule has 0 saturated heterocycles. The lowest BCUT2D eigenvalue weighted by Gasteiger charge is -2.17. The molecule has 68 valence electrons. The van der Waals surface area contributed by atoms with Crippen molar-refractivity contribution in [3.8, 4) is 0 Å². The van der Waals surface area contributed by atoms with Crippen LogP contribution < -0.4 is 0 Å². The van der Waals surface area contributed by atoms with Crippen molar-refractivity contribution in [2.45, 2.75) is 45.8 Å². The topological polar surface area (TPSA) is 0 Å². The summed E-state index contributed by atoms with van der Waals surface area (Å²) in [6, 6.07) is 0. The van der Waals surface area contributed by atoms with Gasteiger partial charge in [-0.25, -0.2) is 0 Å². The van der Waals surface area contributed by atoms with E-state index >= 15 is 0 Å². The van der Waals surface area contributed by atoms with Crippen molar-refractivity contribution in [2.24, 2.45) is 5.92 Å². The summed E-state index contributed by atoms with van der Waals surface area (Å²) in [5.74, 6) is 2.16. The minimum Gasteiger partial charge on any atom is -0.0933 e. The molecule has 0 heterocycles. The van der Waals surface area contributed by atoms with Crippen LogP contribution in [0.4, 0.5) is 0 Å². The van der Waals surface area contributed by atoms with E-state index in [1.165, 1.54) is 12.2 Å². The van der Waals surface area contributed by atoms with E-state index in [2.05, 4.69) is 34.6 Å². The van der Waals surface area contributed by atoms with Gasteiger partial charge < -0.3 is 0 Å². The minimum absolute atomic E-state index is 0.415. The molecule has 11 heavy (non-hydrogen) atoms. The van der Waals surface area contributed by atoms with Crippen molar-refractivity contribution in [3.05, 3.63) is 0 Å². The van der Waals surface area contributed by atoms with Crippen LogP contribution in [-0.4, -0.2) is 10.5 Å². The third-order valence-electron chi connectivity index (χ3n) is 1.36. The van der Waals surface area contributed by atoms with Gasteiger partial charge in [-0.1, -0.05) is 62.6 Å². The van der Waals surface area contributed by atoms with Crippen LogP contribution in [0.2, 0.25) is 0 Å². The van der Waals surface area contributed by atoms with Crippen molar-refractivity contribution in [3.63, 3.8) is 0 Å². The molecule has 0 nitrogen and oxygen atoms in total. The summed E-state index contributed by atoms with van der Waals surface area (Å²) in [7, 11) is 4.00. The Kier molecular flexibility index (Phi) is 5.71. The van der Waals surface area contributed by atoms with Crippen LogP contribution >= 0.6 is 21.6 Å². The lowest BCUT2D eigenvalue weighted by Crippen LogP contribution is -2.05. The maximum absolute atomic E-state index is 2.32. The Hall–Kier alpha value is 0.700. The molecule has 0 aromatic heterocycles. The number of hydrogen-bond donors (Lipinski definition) is 0. The zero-order valence-corrected chi connectivity index (χ0v) is 9.94. The van der Waals surface area contributed by atoms with Gasteiger partial charge in [0.15, 0.2) is 0 Å². The van der Waals surface area contributed by atoms with Gasteiger partial charge in [-0.05, 0) is 5.92 Å². The second kappa shape index (κ2) is 5.36. The summed E-state index contributed by atoms with van der Waals surface area (Å²) in [5, 5.41) is 0. The van der Waals surface area contributed by atoms with Gasteiger partial charge in [0.2, 0.25) is 0 Å². The van der Waals surface area contributed by atoms with E-state index in [-0.39, 0.29) is 0 Å². The Labute approximate surface area is 79.3 Å². The molecule has 0 fully saturated rings. The molecule has 1 atom stereocenters. The number of hydrogen-bond acceptors (Lipinski definition) is 2. The Morgan fingerprint density at radius 1 is 1.27 bits per heavy atom. The first-order chi connectivity index (χ1) is 4.95. The van der Waals surface area contributed by atoms with E-state index in [0.29, 0.717) is 4.75 Å². The van der Waals surface area contributed by atoms with Gasteiger partial charge in [0.05, 0.1) is 0 Å². The maximum atomic E-state index is 2.32. The Morgan fingerprint density at radius 2 is 1.82 bits per heavy atom. The summed E-state index contributed by atoms with van der Waals surface area (Å²) >= 11 is 0. The molecule has 0 aromatic carbocycles. The first kappa shape index (κ1) is 11.7. The average Bonchev–Trinajstić information content (AvgIpc) is 1.85. The van der Waals surface area contributed by atoms with Gasteiger partial charge in [-0.15, -0.1) is 0 Å². The summed E-state index contributed by atoms with van der Waals surface area (Å²) in [5.41, 5.74) is 0. The number of rotatable bonds is 4. The summed E-state index contributed by atoms with van der Waals surface area (Å²) < 4.78 is 0.415. The highest BCUT2D eigenvalue weighted by Gasteiger charge is 2.11. The highest BCUT2D eigenvalue weighted by Crippen LogP contribution is 2.36. The lowest BCUT2D eigenvalue weighted by atomic mass is 10.2. The van der Waals surface area contributed by atoms with Crippen LogP contribution in [0.15, 0.2) is 0 Å². The van der Waals surface area contributed by atoms with E-state index in [0.717, 1.165) is 5.92 Å². The predicted molar refractivity (Wildman–Crippen MR) is 59.3 cm³/mol. The molecule has 1 unspecified atom stereocenters. The fourth-order valence-corrected chi connectivity index (χ4v) is 3.30. The molecule has 0 bridgehead atoms. The highest BCUT2D eigenvalue weighted by molar-refractivity contribution is 8.77. The molecule has 0 N–H and O–H groups in total. The zero-order valence-electron chi connectivity index (χ0n) is 8.31. The highest BCUT2D eigenvalue weighted by atomic mass is 33.1. The van der Waals surface area contributed by atoms with Crippen LogP contribution in [-0.2, 0) is 0 Å². The molecule has 0 rings (SSSR count). The molecule has 0 saturated carbocycles. The predicted octanol–water partition coefficient (Wildman–Crippen LogP) is 4.21. The van der Waals surface area contributed by atoms with Gasteiger partial charge >= 0.3 is 0 Å². The van der Waals surface area contributed by atoms with Crippen molar-refractivity contribution >= 4 is 21.6 Å². The third kappa shape index (κ3) is 8.61. The van der Waals surface area contributed by atoms with Gasteiger partial charge in [0, 0.05) is 10.5 Å².